The van der Waals surface area contributed by atoms with Crippen LogP contribution in [0.3, 0.4) is 0 Å². The predicted molar refractivity (Wildman–Crippen MR) is 481 cm³/mol. The van der Waals surface area contributed by atoms with Gasteiger partial charge >= 0.3 is 0 Å². The second kappa shape index (κ2) is 46.0. The maximum Gasteiger partial charge on any atom is 0.274 e. The maximum atomic E-state index is 13.9. The van der Waals surface area contributed by atoms with Crippen molar-refractivity contribution >= 4 is 89.4 Å². The van der Waals surface area contributed by atoms with Crippen LogP contribution in [0.15, 0.2) is 310 Å². The Morgan fingerprint density at radius 3 is 1.05 bits per heavy atom. The van der Waals surface area contributed by atoms with Crippen molar-refractivity contribution in [2.24, 2.45) is 0 Å². The minimum atomic E-state index is -3.69. The fourth-order valence-corrected chi connectivity index (χ4v) is 13.1. The summed E-state index contributed by atoms with van der Waals surface area (Å²) in [6.45, 7) is 7.61. The first-order valence-electron chi connectivity index (χ1n) is 38.9. The number of aromatic nitrogens is 11. The fraction of sp³-hybridized carbons (Fsp3) is 0.0860. The molecule has 0 fully saturated rings. The van der Waals surface area contributed by atoms with Gasteiger partial charge in [-0.1, -0.05) is 59.1 Å². The molecule has 5 amide bonds. The van der Waals surface area contributed by atoms with Gasteiger partial charge in [-0.05, 0) is 137 Å². The topological polar surface area (TPSA) is 438 Å². The molecule has 0 spiro atoms. The van der Waals surface area contributed by atoms with Crippen molar-refractivity contribution in [3.05, 3.63) is 367 Å². The molecule has 5 N–H and O–H groups in total. The number of benzene rings is 9. The van der Waals surface area contributed by atoms with Crippen LogP contribution in [0.25, 0.3) is 0 Å². The summed E-state index contributed by atoms with van der Waals surface area (Å²) in [5.41, 5.74) is 5.41. The van der Waals surface area contributed by atoms with Crippen LogP contribution in [0.5, 0.6) is 63.2 Å². The zero-order valence-corrected chi connectivity index (χ0v) is 73.0. The van der Waals surface area contributed by atoms with Crippen molar-refractivity contribution in [2.45, 2.75) is 43.6 Å². The van der Waals surface area contributed by atoms with Crippen LogP contribution in [0.2, 0.25) is 5.02 Å². The van der Waals surface area contributed by atoms with E-state index in [0.29, 0.717) is 79.1 Å². The number of sulfone groups is 1. The van der Waals surface area contributed by atoms with Gasteiger partial charge in [-0.3, -0.25) is 29.0 Å². The summed E-state index contributed by atoms with van der Waals surface area (Å²) in [4.78, 5) is 104. The molecule has 0 saturated carbocycles. The number of ether oxygens (including phenoxy) is 6. The van der Waals surface area contributed by atoms with E-state index in [1.807, 2.05) is 58.0 Å². The Hall–Kier alpha value is -16.9. The lowest BCUT2D eigenvalue weighted by atomic mass is 10.1. The highest BCUT2D eigenvalue weighted by Crippen LogP contribution is 2.33. The minimum absolute atomic E-state index is 0.0162. The lowest BCUT2D eigenvalue weighted by molar-refractivity contribution is 0.101. The van der Waals surface area contributed by atoms with Gasteiger partial charge in [0.15, 0.2) is 38.6 Å². The van der Waals surface area contributed by atoms with E-state index >= 15 is 0 Å². The molecule has 0 bridgehead atoms. The van der Waals surface area contributed by atoms with Crippen LogP contribution in [-0.4, -0.2) is 132 Å². The molecule has 0 atom stereocenters. The highest BCUT2D eigenvalue weighted by atomic mass is 35.5. The van der Waals surface area contributed by atoms with Gasteiger partial charge in [0.25, 0.3) is 29.5 Å². The summed E-state index contributed by atoms with van der Waals surface area (Å²) < 4.78 is 124. The lowest BCUT2D eigenvalue weighted by Gasteiger charge is -2.13. The van der Waals surface area contributed by atoms with Gasteiger partial charge < -0.3 is 55.0 Å². The third-order valence-corrected chi connectivity index (χ3v) is 20.1. The van der Waals surface area contributed by atoms with Crippen molar-refractivity contribution in [1.29, 1.82) is 5.26 Å². The summed E-state index contributed by atoms with van der Waals surface area (Å²) in [6, 6.07) is 52.0. The van der Waals surface area contributed by atoms with E-state index < -0.39 is 55.0 Å². The number of aryl methyl sites for hydroxylation is 2. The Morgan fingerprint density at radius 1 is 0.379 bits per heavy atom. The van der Waals surface area contributed by atoms with Crippen molar-refractivity contribution in [2.75, 3.05) is 46.9 Å². The molecular formula is C93H76ClF3N18O15S2. The van der Waals surface area contributed by atoms with E-state index in [4.69, 9.17) is 40.0 Å². The first kappa shape index (κ1) is 95.8. The number of hydrogen-bond acceptors (Lipinski definition) is 27. The number of rotatable bonds is 25. The number of hydrogen-bond donors (Lipinski definition) is 5. The van der Waals surface area contributed by atoms with Crippen LogP contribution >= 0.6 is 11.6 Å². The average molecular weight is 1840 g/mol. The van der Waals surface area contributed by atoms with E-state index in [0.717, 1.165) is 46.0 Å². The first-order valence-corrected chi connectivity index (χ1v) is 42.6. The van der Waals surface area contributed by atoms with Crippen LogP contribution in [0.4, 0.5) is 41.6 Å². The highest BCUT2D eigenvalue weighted by Gasteiger charge is 2.22. The summed E-state index contributed by atoms with van der Waals surface area (Å²) in [5.74, 6) is -0.181. The van der Waals surface area contributed by atoms with E-state index in [2.05, 4.69) is 87.5 Å². The summed E-state index contributed by atoms with van der Waals surface area (Å²) in [7, 11) is -4.35. The summed E-state index contributed by atoms with van der Waals surface area (Å²) >= 11 is 6.11. The Morgan fingerprint density at radius 2 is 0.697 bits per heavy atom. The number of halogens is 4. The molecule has 0 aliphatic carbocycles. The Balaban J connectivity index is 0.000000159. The second-order valence-electron chi connectivity index (χ2n) is 28.1. The fourth-order valence-electron chi connectivity index (χ4n) is 11.3. The molecular weight excluding hydrogens is 1770 g/mol. The van der Waals surface area contributed by atoms with E-state index in [1.54, 1.807) is 73.1 Å². The Labute approximate surface area is 758 Å². The molecule has 9 aromatic carbocycles. The molecule has 15 aromatic rings. The molecule has 0 unspecified atom stereocenters. The predicted octanol–water partition coefficient (Wildman–Crippen LogP) is 18.0. The summed E-state index contributed by atoms with van der Waals surface area (Å²) in [6.07, 6.45) is 23.9. The normalized spacial score (nSPS) is 10.6. The quantitative estimate of drug-likeness (QED) is 0.0355. The Kier molecular flexibility index (Phi) is 33.4. The van der Waals surface area contributed by atoms with Gasteiger partial charge in [0.2, 0.25) is 10.0 Å². The zero-order chi connectivity index (χ0) is 94.3. The number of amides is 5. The monoisotopic (exact) mass is 1840 g/mol. The van der Waals surface area contributed by atoms with E-state index in [1.165, 1.54) is 186 Å². The Bertz CT molecular complexity index is 6880. The number of carbonyl (C=O) groups excluding carboxylic acids is 5. The average Bonchev–Trinajstić information content (AvgIpc) is 0.813. The molecule has 15 rings (SSSR count). The number of nitrogens with one attached hydrogen (secondary N) is 5. The molecule has 0 saturated heterocycles. The molecule has 0 aliphatic heterocycles. The zero-order valence-electron chi connectivity index (χ0n) is 70.6. The lowest BCUT2D eigenvalue weighted by Crippen LogP contribution is -2.22. The van der Waals surface area contributed by atoms with Gasteiger partial charge in [-0.2, -0.15) is 5.26 Å². The number of nitrogens with zero attached hydrogens (tertiary/aromatic N) is 13. The SMILES string of the molecule is CC(C)Oc1ccnc(C(=O)Nc2cc(F)cc(Oc3cncnc3)c2)c1.CN(C)S(=O)(=O)c1cccc(C(=O)Nc2cc(F)cc(Oc3cncnc3)c2)c1.CS(=O)(=O)c1cccc(C(=O)Nc2cc(F)cc(Oc3cncnc3)c2)c1.Cc1cccc(C(=O)Nc2cc(C#N)cc(Oc3cncnc3)c2)c1.Cc1cccc(C(=O)Nc2cc(Cl)cc(Oc3cncnc3)c2)c1. The largest absolute Gasteiger partial charge is 0.491 e. The van der Waals surface area contributed by atoms with Crippen molar-refractivity contribution in [3.8, 4) is 69.3 Å². The van der Waals surface area contributed by atoms with Crippen LogP contribution in [-0.2, 0) is 19.9 Å². The van der Waals surface area contributed by atoms with Crippen molar-refractivity contribution < 1.29 is 82.4 Å². The molecule has 0 aliphatic rings. The van der Waals surface area contributed by atoms with Gasteiger partial charge in [0.05, 0.1) is 89.5 Å². The van der Waals surface area contributed by atoms with Gasteiger partial charge in [0.1, 0.15) is 89.3 Å². The molecule has 6 heterocycles. The molecule has 6 aromatic heterocycles. The molecule has 132 heavy (non-hydrogen) atoms. The molecule has 33 nitrogen and oxygen atoms in total. The molecule has 668 valence electrons. The van der Waals surface area contributed by atoms with Crippen molar-refractivity contribution in [3.63, 3.8) is 0 Å². The number of sulfonamides is 1. The number of carbonyl (C=O) groups is 5. The number of anilines is 5. The first-order chi connectivity index (χ1) is 63.3. The number of pyridine rings is 1. The van der Waals surface area contributed by atoms with E-state index in [9.17, 15) is 59.2 Å². The smallest absolute Gasteiger partial charge is 0.274 e. The third-order valence-electron chi connectivity index (χ3n) is 17.0. The van der Waals surface area contributed by atoms with Crippen LogP contribution in [0.1, 0.15) is 82.5 Å². The molecule has 39 heteroatoms. The second-order valence-corrected chi connectivity index (χ2v) is 32.7. The standard InChI is InChI=1S/C19H17FN4O4S.C19H17FN4O3.C19H14N4O2.C18H14ClN3O2.C18H14FN3O4S/c1-24(2)29(26,27)18-5-3-4-13(6-18)19(25)23-15-7-14(20)8-16(9-15)28-17-10-21-12-22-11-17;1-12(2)26-15-3-4-23-18(8-15)19(25)24-14-5-13(20)6-16(7-14)27-17-9-21-11-22-10-17;1-13-3-2-4-15(5-13)19(24)23-16-6-14(9-20)7-17(8-16)25-18-10-21-12-22-11-18;1-12-3-2-4-13(5-12)18(23)22-15-6-14(19)7-16(8-15)24-17-9-20-11-21-10-17;1-27(24,25)17-4-2-3-12(5-17)18(23)22-14-6-13(19)7-15(8-14)26-16-9-20-11-21-10-16/h3-12H,1-2H3,(H,23,25);3-12H,1-2H3,(H,24,25);2-8,10-12H,1H3,(H,23,24);2-11H,1H3,(H,22,23);2-11H,1H3,(H,22,23). The van der Waals surface area contributed by atoms with Gasteiger partial charge in [-0.25, -0.2) is 84.2 Å². The molecule has 0 radical (unpaired) electrons. The van der Waals surface area contributed by atoms with E-state index in [-0.39, 0.29) is 78.8 Å². The highest BCUT2D eigenvalue weighted by molar-refractivity contribution is 7.90. The maximum absolute atomic E-state index is 13.9. The van der Waals surface area contributed by atoms with Crippen molar-refractivity contribution in [1.82, 2.24) is 59.1 Å². The third kappa shape index (κ3) is 30.2. The minimum Gasteiger partial charge on any atom is -0.491 e. The number of nitriles is 1. The van der Waals surface area contributed by atoms with Gasteiger partial charge in [-0.15, -0.1) is 0 Å². The summed E-state index contributed by atoms with van der Waals surface area (Å²) in [5, 5.41) is 22.9. The van der Waals surface area contributed by atoms with Gasteiger partial charge in [0, 0.05) is 137 Å². The van der Waals surface area contributed by atoms with Crippen LogP contribution < -0.4 is 55.0 Å². The van der Waals surface area contributed by atoms with Crippen LogP contribution in [0, 0.1) is 42.6 Å².